The Bertz CT molecular complexity index is 615. The summed E-state index contributed by atoms with van der Waals surface area (Å²) in [6.45, 7) is 1.95. The van der Waals surface area contributed by atoms with Gasteiger partial charge in [-0.1, -0.05) is 23.7 Å². The van der Waals surface area contributed by atoms with Crippen LogP contribution in [0.25, 0.3) is 0 Å². The Kier molecular flexibility index (Phi) is 3.99. The lowest BCUT2D eigenvalue weighted by Crippen LogP contribution is -2.14. The molecule has 1 aromatic heterocycles. The molecule has 1 heterocycles. The van der Waals surface area contributed by atoms with Crippen LogP contribution in [0.5, 0.6) is 0 Å². The van der Waals surface area contributed by atoms with Crippen molar-refractivity contribution in [2.24, 2.45) is 5.84 Å². The number of anilines is 2. The van der Waals surface area contributed by atoms with Crippen LogP contribution in [0.4, 0.5) is 11.5 Å². The molecule has 0 bridgehead atoms. The Morgan fingerprint density at radius 1 is 1.32 bits per heavy atom. The van der Waals surface area contributed by atoms with Crippen molar-refractivity contribution in [1.29, 1.82) is 0 Å². The van der Waals surface area contributed by atoms with Crippen LogP contribution in [0.2, 0.25) is 5.15 Å². The number of aryl methyl sites for hydroxylation is 1. The molecule has 0 aliphatic rings. The predicted octanol–water partition coefficient (Wildman–Crippen LogP) is 2.58. The molecule has 6 heteroatoms. The molecular formula is C13H13ClN4O. The molecule has 19 heavy (non-hydrogen) atoms. The molecule has 0 radical (unpaired) electrons. The summed E-state index contributed by atoms with van der Waals surface area (Å²) >= 11 is 5.81. The summed E-state index contributed by atoms with van der Waals surface area (Å²) in [7, 11) is 0. The standard InChI is InChI=1S/C13H13ClN4O/c1-8-3-2-4-10(5-8)16-13(19)9-6-11(14)17-12(7-9)18-15/h2-7H,15H2,1H3,(H,16,19)(H,17,18). The molecular weight excluding hydrogens is 264 g/mol. The monoisotopic (exact) mass is 276 g/mol. The molecule has 98 valence electrons. The van der Waals surface area contributed by atoms with E-state index in [4.69, 9.17) is 17.4 Å². The highest BCUT2D eigenvalue weighted by molar-refractivity contribution is 6.30. The summed E-state index contributed by atoms with van der Waals surface area (Å²) in [5.41, 5.74) is 4.53. The van der Waals surface area contributed by atoms with Crippen molar-refractivity contribution in [3.63, 3.8) is 0 Å². The maximum atomic E-state index is 12.1. The van der Waals surface area contributed by atoms with Gasteiger partial charge in [-0.15, -0.1) is 0 Å². The molecule has 0 atom stereocenters. The maximum absolute atomic E-state index is 12.1. The lowest BCUT2D eigenvalue weighted by Gasteiger charge is -2.07. The molecule has 1 aromatic carbocycles. The topological polar surface area (TPSA) is 80.0 Å². The molecule has 0 unspecified atom stereocenters. The number of halogens is 1. The molecule has 2 rings (SSSR count). The molecule has 0 saturated carbocycles. The van der Waals surface area contributed by atoms with Crippen molar-refractivity contribution in [2.45, 2.75) is 6.92 Å². The zero-order valence-electron chi connectivity index (χ0n) is 10.3. The van der Waals surface area contributed by atoms with Crippen molar-refractivity contribution in [3.05, 3.63) is 52.7 Å². The van der Waals surface area contributed by atoms with E-state index in [0.29, 0.717) is 11.4 Å². The zero-order valence-corrected chi connectivity index (χ0v) is 11.0. The summed E-state index contributed by atoms with van der Waals surface area (Å²) in [4.78, 5) is 16.0. The molecule has 4 N–H and O–H groups in total. The van der Waals surface area contributed by atoms with Crippen LogP contribution in [-0.2, 0) is 0 Å². The Morgan fingerprint density at radius 2 is 2.11 bits per heavy atom. The number of hydrazine groups is 1. The lowest BCUT2D eigenvalue weighted by molar-refractivity contribution is 0.102. The normalized spacial score (nSPS) is 10.1. The predicted molar refractivity (Wildman–Crippen MR) is 76.2 cm³/mol. The van der Waals surface area contributed by atoms with Crippen LogP contribution in [0, 0.1) is 6.92 Å². The van der Waals surface area contributed by atoms with Gasteiger partial charge in [0.15, 0.2) is 0 Å². The van der Waals surface area contributed by atoms with Gasteiger partial charge in [0.25, 0.3) is 5.91 Å². The van der Waals surface area contributed by atoms with Gasteiger partial charge in [0.1, 0.15) is 11.0 Å². The summed E-state index contributed by atoms with van der Waals surface area (Å²) in [5.74, 6) is 5.32. The Labute approximate surface area is 115 Å². The van der Waals surface area contributed by atoms with E-state index in [1.807, 2.05) is 31.2 Å². The highest BCUT2D eigenvalue weighted by atomic mass is 35.5. The second-order valence-electron chi connectivity index (χ2n) is 4.03. The number of carbonyl (C=O) groups excluding carboxylic acids is 1. The highest BCUT2D eigenvalue weighted by Crippen LogP contribution is 2.16. The van der Waals surface area contributed by atoms with Gasteiger partial charge in [-0.25, -0.2) is 10.8 Å². The van der Waals surface area contributed by atoms with Crippen molar-refractivity contribution in [2.75, 3.05) is 10.7 Å². The van der Waals surface area contributed by atoms with Gasteiger partial charge in [0, 0.05) is 11.3 Å². The average Bonchev–Trinajstić information content (AvgIpc) is 2.38. The number of carbonyl (C=O) groups is 1. The van der Waals surface area contributed by atoms with E-state index in [9.17, 15) is 4.79 Å². The second-order valence-corrected chi connectivity index (χ2v) is 4.42. The first-order chi connectivity index (χ1) is 9.08. The fraction of sp³-hybridized carbons (Fsp3) is 0.0769. The number of nitrogens with zero attached hydrogens (tertiary/aromatic N) is 1. The molecule has 0 aliphatic carbocycles. The Morgan fingerprint density at radius 3 is 2.79 bits per heavy atom. The van der Waals surface area contributed by atoms with E-state index in [-0.39, 0.29) is 11.1 Å². The third-order valence-electron chi connectivity index (χ3n) is 2.48. The number of nitrogen functional groups attached to an aromatic ring is 1. The van der Waals surface area contributed by atoms with Crippen molar-refractivity contribution >= 4 is 29.0 Å². The van der Waals surface area contributed by atoms with Gasteiger partial charge < -0.3 is 10.7 Å². The van der Waals surface area contributed by atoms with Gasteiger partial charge in [-0.05, 0) is 36.8 Å². The first-order valence-corrected chi connectivity index (χ1v) is 5.98. The third-order valence-corrected chi connectivity index (χ3v) is 2.67. The number of amides is 1. The second kappa shape index (κ2) is 5.69. The lowest BCUT2D eigenvalue weighted by atomic mass is 10.2. The van der Waals surface area contributed by atoms with E-state index in [1.54, 1.807) is 0 Å². The first-order valence-electron chi connectivity index (χ1n) is 5.61. The van der Waals surface area contributed by atoms with Gasteiger partial charge in [-0.3, -0.25) is 4.79 Å². The number of rotatable bonds is 3. The van der Waals surface area contributed by atoms with E-state index in [1.165, 1.54) is 12.1 Å². The highest BCUT2D eigenvalue weighted by Gasteiger charge is 2.09. The SMILES string of the molecule is Cc1cccc(NC(=O)c2cc(Cl)nc(NN)c2)c1. The van der Waals surface area contributed by atoms with Crippen LogP contribution in [0.15, 0.2) is 36.4 Å². The van der Waals surface area contributed by atoms with E-state index in [0.717, 1.165) is 11.3 Å². The Hall–Kier alpha value is -2.11. The Balaban J connectivity index is 2.22. The van der Waals surface area contributed by atoms with Crippen molar-refractivity contribution in [3.8, 4) is 0 Å². The van der Waals surface area contributed by atoms with Crippen LogP contribution in [0.1, 0.15) is 15.9 Å². The zero-order chi connectivity index (χ0) is 13.8. The first kappa shape index (κ1) is 13.3. The number of nitrogens with one attached hydrogen (secondary N) is 2. The average molecular weight is 277 g/mol. The number of benzene rings is 1. The third kappa shape index (κ3) is 3.43. The number of pyridine rings is 1. The van der Waals surface area contributed by atoms with E-state index in [2.05, 4.69) is 15.7 Å². The number of aromatic nitrogens is 1. The van der Waals surface area contributed by atoms with E-state index < -0.39 is 0 Å². The van der Waals surface area contributed by atoms with Gasteiger partial charge >= 0.3 is 0 Å². The fourth-order valence-corrected chi connectivity index (χ4v) is 1.84. The van der Waals surface area contributed by atoms with E-state index >= 15 is 0 Å². The largest absolute Gasteiger partial charge is 0.322 e. The minimum atomic E-state index is -0.272. The quantitative estimate of drug-likeness (QED) is 0.457. The minimum Gasteiger partial charge on any atom is -0.322 e. The minimum absolute atomic E-state index is 0.199. The molecule has 2 aromatic rings. The molecule has 0 fully saturated rings. The summed E-state index contributed by atoms with van der Waals surface area (Å²) in [6.07, 6.45) is 0. The smallest absolute Gasteiger partial charge is 0.255 e. The summed E-state index contributed by atoms with van der Waals surface area (Å²) in [6, 6.07) is 10.5. The summed E-state index contributed by atoms with van der Waals surface area (Å²) in [5, 5.41) is 2.98. The van der Waals surface area contributed by atoms with Gasteiger partial charge in [0.2, 0.25) is 0 Å². The molecule has 5 nitrogen and oxygen atoms in total. The van der Waals surface area contributed by atoms with Crippen molar-refractivity contribution in [1.82, 2.24) is 4.98 Å². The molecule has 0 spiro atoms. The van der Waals surface area contributed by atoms with Crippen LogP contribution in [0.3, 0.4) is 0 Å². The van der Waals surface area contributed by atoms with Gasteiger partial charge in [0.05, 0.1) is 0 Å². The number of hydrogen-bond donors (Lipinski definition) is 3. The van der Waals surface area contributed by atoms with Crippen molar-refractivity contribution < 1.29 is 4.79 Å². The van der Waals surface area contributed by atoms with Crippen LogP contribution in [-0.4, -0.2) is 10.9 Å². The molecule has 1 amide bonds. The van der Waals surface area contributed by atoms with Gasteiger partial charge in [-0.2, -0.15) is 0 Å². The number of nitrogens with two attached hydrogens (primary N) is 1. The number of hydrogen-bond acceptors (Lipinski definition) is 4. The fourth-order valence-electron chi connectivity index (χ4n) is 1.63. The van der Waals surface area contributed by atoms with Crippen LogP contribution >= 0.6 is 11.6 Å². The molecule has 0 saturated heterocycles. The maximum Gasteiger partial charge on any atom is 0.255 e. The molecule has 0 aliphatic heterocycles. The summed E-state index contributed by atoms with van der Waals surface area (Å²) < 4.78 is 0. The van der Waals surface area contributed by atoms with Crippen LogP contribution < -0.4 is 16.6 Å².